The molecule has 4 atom stereocenters. The zero-order valence-electron chi connectivity index (χ0n) is 16.1. The Morgan fingerprint density at radius 3 is 1.88 bits per heavy atom. The van der Waals surface area contributed by atoms with E-state index in [2.05, 4.69) is 11.8 Å². The quantitative estimate of drug-likeness (QED) is 0.839. The van der Waals surface area contributed by atoms with Crippen LogP contribution in [0.1, 0.15) is 84.0 Å². The summed E-state index contributed by atoms with van der Waals surface area (Å²) in [7, 11) is 4.05. The second-order valence-corrected chi connectivity index (χ2v) is 8.09. The lowest BCUT2D eigenvalue weighted by atomic mass is 9.98. The molecule has 0 spiro atoms. The summed E-state index contributed by atoms with van der Waals surface area (Å²) in [5.41, 5.74) is 0. The highest BCUT2D eigenvalue weighted by molar-refractivity contribution is 4.85. The number of likely N-dealkylation sites (N-methyl/N-ethyl adjacent to an activating group) is 1. The number of hydrogen-bond acceptors (Lipinski definition) is 4. The first-order valence-electron chi connectivity index (χ1n) is 10.2. The molecule has 142 valence electrons. The van der Waals surface area contributed by atoms with Gasteiger partial charge in [0.2, 0.25) is 0 Å². The Kier molecular flexibility index (Phi) is 9.02. The normalized spacial score (nSPS) is 35.4. The molecule has 1 N–H and O–H groups in total. The first kappa shape index (κ1) is 20.2. The molecule has 0 bridgehead atoms. The fourth-order valence-electron chi connectivity index (χ4n) is 4.11. The predicted octanol–water partition coefficient (Wildman–Crippen LogP) is 4.10. The third-order valence-electron chi connectivity index (χ3n) is 5.65. The third-order valence-corrected chi connectivity index (χ3v) is 5.65. The van der Waals surface area contributed by atoms with Gasteiger partial charge in [0.05, 0.1) is 12.2 Å². The van der Waals surface area contributed by atoms with Crippen LogP contribution in [-0.4, -0.2) is 54.7 Å². The highest BCUT2D eigenvalue weighted by Crippen LogP contribution is 2.27. The van der Waals surface area contributed by atoms with E-state index in [1.165, 1.54) is 57.8 Å². The summed E-state index contributed by atoms with van der Waals surface area (Å²) < 4.78 is 12.3. The van der Waals surface area contributed by atoms with E-state index in [4.69, 9.17) is 9.47 Å². The van der Waals surface area contributed by atoms with Crippen molar-refractivity contribution in [2.24, 2.45) is 0 Å². The number of aliphatic hydroxyl groups excluding tert-OH is 1. The zero-order valence-corrected chi connectivity index (χ0v) is 16.1. The molecular weight excluding hydrogens is 302 g/mol. The Bertz CT molecular complexity index is 325. The highest BCUT2D eigenvalue weighted by Gasteiger charge is 2.38. The van der Waals surface area contributed by atoms with Crippen molar-refractivity contribution in [1.82, 2.24) is 4.90 Å². The van der Waals surface area contributed by atoms with Gasteiger partial charge in [0.25, 0.3) is 0 Å². The second kappa shape index (κ2) is 10.7. The molecule has 2 rings (SSSR count). The summed E-state index contributed by atoms with van der Waals surface area (Å²) in [5, 5.41) is 10.7. The molecule has 4 nitrogen and oxygen atoms in total. The number of nitrogens with zero attached hydrogens (tertiary/aromatic N) is 1. The van der Waals surface area contributed by atoms with Crippen LogP contribution in [0.2, 0.25) is 0 Å². The molecular formula is C20H39NO3. The number of ether oxygens (including phenoxy) is 2. The average molecular weight is 342 g/mol. The van der Waals surface area contributed by atoms with E-state index in [0.717, 1.165) is 19.3 Å². The highest BCUT2D eigenvalue weighted by atomic mass is 16.7. The Labute approximate surface area is 148 Å². The fourth-order valence-corrected chi connectivity index (χ4v) is 4.11. The minimum absolute atomic E-state index is 0.116. The van der Waals surface area contributed by atoms with Crippen molar-refractivity contribution >= 4 is 0 Å². The first-order valence-corrected chi connectivity index (χ1v) is 10.2. The molecule has 4 heteroatoms. The van der Waals surface area contributed by atoms with Gasteiger partial charge in [-0.05, 0) is 40.3 Å². The van der Waals surface area contributed by atoms with E-state index in [9.17, 15) is 5.11 Å². The van der Waals surface area contributed by atoms with E-state index in [1.807, 2.05) is 14.1 Å². The van der Waals surface area contributed by atoms with E-state index >= 15 is 0 Å². The third kappa shape index (κ3) is 6.62. The number of hydrogen-bond donors (Lipinski definition) is 1. The predicted molar refractivity (Wildman–Crippen MR) is 98.1 cm³/mol. The monoisotopic (exact) mass is 341 g/mol. The van der Waals surface area contributed by atoms with E-state index in [1.54, 1.807) is 0 Å². The summed E-state index contributed by atoms with van der Waals surface area (Å²) in [4.78, 5) is 2.10. The Hall–Kier alpha value is -0.160. The van der Waals surface area contributed by atoms with Crippen LogP contribution in [0.5, 0.6) is 0 Å². The van der Waals surface area contributed by atoms with Gasteiger partial charge in [-0.1, -0.05) is 57.8 Å². The lowest BCUT2D eigenvalue weighted by Crippen LogP contribution is -2.54. The molecule has 0 aromatic carbocycles. The van der Waals surface area contributed by atoms with Crippen LogP contribution in [0, 0.1) is 0 Å². The van der Waals surface area contributed by atoms with Crippen LogP contribution in [-0.2, 0) is 9.47 Å². The molecule has 1 saturated heterocycles. The molecule has 0 radical (unpaired) electrons. The Morgan fingerprint density at radius 1 is 0.875 bits per heavy atom. The van der Waals surface area contributed by atoms with Crippen molar-refractivity contribution in [2.75, 3.05) is 14.1 Å². The van der Waals surface area contributed by atoms with E-state index in [0.29, 0.717) is 0 Å². The lowest BCUT2D eigenvalue weighted by Gasteiger charge is -2.42. The van der Waals surface area contributed by atoms with Crippen molar-refractivity contribution in [3.8, 4) is 0 Å². The molecule has 2 aliphatic rings. The fraction of sp³-hybridized carbons (Fsp3) is 1.00. The molecule has 1 aliphatic carbocycles. The number of rotatable bonds is 3. The van der Waals surface area contributed by atoms with E-state index < -0.39 is 12.4 Å². The SMILES string of the molecule is CC1CC(N(C)C)C(O)[C@H](OC2CCCCCCCCCCC2)O1. The lowest BCUT2D eigenvalue weighted by molar-refractivity contribution is -0.269. The molecule has 0 amide bonds. The smallest absolute Gasteiger partial charge is 0.185 e. The Morgan fingerprint density at radius 2 is 1.38 bits per heavy atom. The van der Waals surface area contributed by atoms with Gasteiger partial charge < -0.3 is 19.5 Å². The second-order valence-electron chi connectivity index (χ2n) is 8.09. The minimum atomic E-state index is -0.558. The number of aliphatic hydroxyl groups is 1. The van der Waals surface area contributed by atoms with Gasteiger partial charge in [-0.2, -0.15) is 0 Å². The molecule has 0 aromatic heterocycles. The molecule has 1 saturated carbocycles. The molecule has 3 unspecified atom stereocenters. The molecule has 2 fully saturated rings. The van der Waals surface area contributed by atoms with Crippen LogP contribution >= 0.6 is 0 Å². The zero-order chi connectivity index (χ0) is 17.4. The van der Waals surface area contributed by atoms with Crippen molar-refractivity contribution in [3.05, 3.63) is 0 Å². The van der Waals surface area contributed by atoms with Crippen LogP contribution in [0.25, 0.3) is 0 Å². The van der Waals surface area contributed by atoms with Crippen LogP contribution < -0.4 is 0 Å². The summed E-state index contributed by atoms with van der Waals surface area (Å²) in [6.07, 6.45) is 14.4. The summed E-state index contributed by atoms with van der Waals surface area (Å²) in [5.74, 6) is 0. The Balaban J connectivity index is 1.89. The molecule has 1 aliphatic heterocycles. The minimum Gasteiger partial charge on any atom is -0.386 e. The van der Waals surface area contributed by atoms with Gasteiger partial charge in [-0.15, -0.1) is 0 Å². The van der Waals surface area contributed by atoms with Gasteiger partial charge in [-0.3, -0.25) is 0 Å². The van der Waals surface area contributed by atoms with Gasteiger partial charge in [-0.25, -0.2) is 0 Å². The van der Waals surface area contributed by atoms with Gasteiger partial charge in [0, 0.05) is 6.04 Å². The largest absolute Gasteiger partial charge is 0.386 e. The maximum Gasteiger partial charge on any atom is 0.185 e. The maximum atomic E-state index is 10.7. The maximum absolute atomic E-state index is 10.7. The molecule has 1 heterocycles. The van der Waals surface area contributed by atoms with E-state index in [-0.39, 0.29) is 18.2 Å². The summed E-state index contributed by atoms with van der Waals surface area (Å²) in [6, 6.07) is 0.116. The van der Waals surface area contributed by atoms with Gasteiger partial charge in [0.1, 0.15) is 6.10 Å². The summed E-state index contributed by atoms with van der Waals surface area (Å²) >= 11 is 0. The van der Waals surface area contributed by atoms with Crippen molar-refractivity contribution < 1.29 is 14.6 Å². The first-order chi connectivity index (χ1) is 11.6. The summed E-state index contributed by atoms with van der Waals surface area (Å²) in [6.45, 7) is 2.08. The van der Waals surface area contributed by atoms with Crippen LogP contribution in [0.15, 0.2) is 0 Å². The van der Waals surface area contributed by atoms with Crippen LogP contribution in [0.3, 0.4) is 0 Å². The topological polar surface area (TPSA) is 41.9 Å². The molecule has 0 aromatic rings. The standard InChI is InChI=1S/C20H39NO3/c1-16-15-18(21(2)3)19(22)20(23-16)24-17-13-11-9-7-5-4-6-8-10-12-14-17/h16-20,22H,4-15H2,1-3H3/t16?,18?,19?,20-/m0/s1. The van der Waals surface area contributed by atoms with Crippen molar-refractivity contribution in [2.45, 2.75) is 115 Å². The van der Waals surface area contributed by atoms with Crippen LogP contribution in [0.4, 0.5) is 0 Å². The van der Waals surface area contributed by atoms with Gasteiger partial charge >= 0.3 is 0 Å². The van der Waals surface area contributed by atoms with Crippen molar-refractivity contribution in [3.63, 3.8) is 0 Å². The average Bonchev–Trinajstić information content (AvgIpc) is 2.52. The van der Waals surface area contributed by atoms with Crippen molar-refractivity contribution in [1.29, 1.82) is 0 Å². The molecule has 24 heavy (non-hydrogen) atoms. The van der Waals surface area contributed by atoms with Gasteiger partial charge in [0.15, 0.2) is 6.29 Å².